The van der Waals surface area contributed by atoms with Crippen LogP contribution >= 0.6 is 0 Å². The molecule has 4 aromatic heterocycles. The van der Waals surface area contributed by atoms with Crippen LogP contribution in [-0.4, -0.2) is 58.7 Å². The Kier molecular flexibility index (Phi) is 6.49. The van der Waals surface area contributed by atoms with Crippen molar-refractivity contribution in [3.63, 3.8) is 0 Å². The summed E-state index contributed by atoms with van der Waals surface area (Å²) in [5, 5.41) is 27.7. The molecule has 200 valence electrons. The van der Waals surface area contributed by atoms with Gasteiger partial charge in [0.2, 0.25) is 5.82 Å². The van der Waals surface area contributed by atoms with E-state index in [1.165, 1.54) is 4.80 Å². The molecule has 0 saturated carbocycles. The minimum atomic E-state index is -0.126. The fourth-order valence-electron chi connectivity index (χ4n) is 4.77. The minimum absolute atomic E-state index is 0.126. The quantitative estimate of drug-likeness (QED) is 0.314. The monoisotopic (exact) mass is 527 g/mol. The van der Waals surface area contributed by atoms with E-state index in [0.717, 1.165) is 42.2 Å². The largest absolute Gasteiger partial charge is 0.494 e. The molecule has 0 spiro atoms. The average Bonchev–Trinajstić information content (AvgIpc) is 3.53. The topological polar surface area (TPSA) is 143 Å². The van der Waals surface area contributed by atoms with Crippen LogP contribution in [0, 0.1) is 13.8 Å². The molecule has 39 heavy (non-hydrogen) atoms. The van der Waals surface area contributed by atoms with Gasteiger partial charge in [-0.05, 0) is 62.6 Å². The molecule has 13 heteroatoms. The lowest BCUT2D eigenvalue weighted by atomic mass is 10.1. The van der Waals surface area contributed by atoms with Gasteiger partial charge < -0.3 is 20.1 Å². The number of pyridine rings is 1. The van der Waals surface area contributed by atoms with Crippen LogP contribution in [0.1, 0.15) is 37.0 Å². The van der Waals surface area contributed by atoms with Gasteiger partial charge in [-0.3, -0.25) is 4.57 Å². The van der Waals surface area contributed by atoms with Crippen molar-refractivity contribution in [2.45, 2.75) is 39.3 Å². The molecule has 5 heterocycles. The fraction of sp³-hybridized carbons (Fsp3) is 0.346. The maximum absolute atomic E-state index is 6.12. The van der Waals surface area contributed by atoms with Crippen molar-refractivity contribution in [1.82, 2.24) is 44.9 Å². The third-order valence-corrected chi connectivity index (χ3v) is 6.56. The summed E-state index contributed by atoms with van der Waals surface area (Å²) in [7, 11) is 3.34. The zero-order valence-corrected chi connectivity index (χ0v) is 22.2. The summed E-state index contributed by atoms with van der Waals surface area (Å²) in [6, 6.07) is 11.4. The van der Waals surface area contributed by atoms with Crippen molar-refractivity contribution in [3.8, 4) is 17.1 Å². The molecule has 0 amide bonds. The number of rotatable bonds is 7. The van der Waals surface area contributed by atoms with E-state index in [-0.39, 0.29) is 6.23 Å². The second-order valence-corrected chi connectivity index (χ2v) is 9.38. The summed E-state index contributed by atoms with van der Waals surface area (Å²) in [6.45, 7) is 4.59. The van der Waals surface area contributed by atoms with Gasteiger partial charge in [-0.15, -0.1) is 15.3 Å². The number of para-hydroxylation sites is 1. The Balaban J connectivity index is 1.47. The molecule has 1 aromatic carbocycles. The van der Waals surface area contributed by atoms with E-state index in [2.05, 4.69) is 40.8 Å². The molecule has 1 atom stereocenters. The number of hydrogen-bond donors (Lipinski definition) is 2. The van der Waals surface area contributed by atoms with Crippen LogP contribution in [0.3, 0.4) is 0 Å². The van der Waals surface area contributed by atoms with Gasteiger partial charge in [0, 0.05) is 12.7 Å². The first-order valence-electron chi connectivity index (χ1n) is 12.8. The van der Waals surface area contributed by atoms with E-state index < -0.39 is 0 Å². The van der Waals surface area contributed by atoms with Gasteiger partial charge in [0.15, 0.2) is 17.2 Å². The van der Waals surface area contributed by atoms with Crippen molar-refractivity contribution in [2.75, 3.05) is 24.4 Å². The number of methoxy groups -OCH3 is 1. The lowest BCUT2D eigenvalue weighted by Gasteiger charge is -2.25. The number of aromatic nitrogens is 9. The van der Waals surface area contributed by atoms with E-state index in [1.54, 1.807) is 14.2 Å². The number of benzene rings is 1. The van der Waals surface area contributed by atoms with Crippen LogP contribution in [-0.2, 0) is 11.8 Å². The third-order valence-electron chi connectivity index (χ3n) is 6.56. The number of ether oxygens (including phenoxy) is 2. The van der Waals surface area contributed by atoms with Crippen LogP contribution < -0.4 is 15.4 Å². The maximum atomic E-state index is 6.12. The highest BCUT2D eigenvalue weighted by molar-refractivity contribution is 5.92. The number of imidazole rings is 1. The molecule has 0 bridgehead atoms. The maximum Gasteiger partial charge on any atom is 0.208 e. The molecule has 1 aliphatic heterocycles. The van der Waals surface area contributed by atoms with Gasteiger partial charge in [-0.25, -0.2) is 9.97 Å². The van der Waals surface area contributed by atoms with Gasteiger partial charge in [0.25, 0.3) is 0 Å². The molecule has 0 aliphatic carbocycles. The Morgan fingerprint density at radius 3 is 2.59 bits per heavy atom. The highest BCUT2D eigenvalue weighted by atomic mass is 16.5. The summed E-state index contributed by atoms with van der Waals surface area (Å²) in [4.78, 5) is 11.3. The predicted octanol–water partition coefficient (Wildman–Crippen LogP) is 4.22. The van der Waals surface area contributed by atoms with Crippen LogP contribution in [0.25, 0.3) is 22.6 Å². The highest BCUT2D eigenvalue weighted by Crippen LogP contribution is 2.39. The van der Waals surface area contributed by atoms with Crippen molar-refractivity contribution in [2.24, 2.45) is 7.05 Å². The Hall–Kier alpha value is -4.65. The molecule has 1 unspecified atom stereocenters. The van der Waals surface area contributed by atoms with Crippen LogP contribution in [0.5, 0.6) is 5.75 Å². The van der Waals surface area contributed by atoms with Gasteiger partial charge in [-0.1, -0.05) is 6.07 Å². The number of nitrogens with one attached hydrogen (secondary N) is 2. The van der Waals surface area contributed by atoms with Gasteiger partial charge in [0.1, 0.15) is 23.4 Å². The molecular weight excluding hydrogens is 498 g/mol. The molecule has 1 saturated heterocycles. The number of aryl methyl sites for hydroxylation is 3. The molecule has 2 N–H and O–H groups in total. The first kappa shape index (κ1) is 24.7. The van der Waals surface area contributed by atoms with E-state index in [9.17, 15) is 0 Å². The number of tetrazole rings is 1. The first-order valence-corrected chi connectivity index (χ1v) is 12.8. The van der Waals surface area contributed by atoms with Crippen LogP contribution in [0.4, 0.5) is 23.0 Å². The van der Waals surface area contributed by atoms with Crippen LogP contribution in [0.2, 0.25) is 0 Å². The molecule has 0 radical (unpaired) electrons. The second-order valence-electron chi connectivity index (χ2n) is 9.38. The Labute approximate surface area is 224 Å². The van der Waals surface area contributed by atoms with E-state index in [0.29, 0.717) is 46.5 Å². The molecule has 1 fully saturated rings. The molecule has 1 aliphatic rings. The Morgan fingerprint density at radius 2 is 1.87 bits per heavy atom. The summed E-state index contributed by atoms with van der Waals surface area (Å²) < 4.78 is 14.0. The molecule has 13 nitrogen and oxygen atoms in total. The summed E-state index contributed by atoms with van der Waals surface area (Å²) in [5.74, 6) is 3.05. The number of fused-ring (bicyclic) bond motifs is 1. The Bertz CT molecular complexity index is 1620. The SMILES string of the molecule is COc1c(Nc2cc(Nc3ccc(C)nn3)nc3c2nc(C)n3C2CCCCO2)cccc1-c1nnn(C)n1. The zero-order chi connectivity index (χ0) is 26.9. The highest BCUT2D eigenvalue weighted by Gasteiger charge is 2.24. The normalized spacial score (nSPS) is 15.4. The lowest BCUT2D eigenvalue weighted by Crippen LogP contribution is -2.19. The smallest absolute Gasteiger partial charge is 0.208 e. The number of nitrogens with zero attached hydrogens (tertiary/aromatic N) is 9. The fourth-order valence-corrected chi connectivity index (χ4v) is 4.77. The Morgan fingerprint density at radius 1 is 0.974 bits per heavy atom. The second kappa shape index (κ2) is 10.3. The molecule has 5 aromatic rings. The number of hydrogen-bond acceptors (Lipinski definition) is 11. The summed E-state index contributed by atoms with van der Waals surface area (Å²) in [6.07, 6.45) is 2.92. The standard InChI is InChI=1S/C26H29N11O2/c1-15-11-12-20(32-31-15)29-21-14-19(23-26(30-21)37(16(2)27-23)22-10-5-6-13-39-22)28-18-9-7-8-17(24(18)38-4)25-33-35-36(3)34-25/h7-9,11-12,14,22H,5-6,10,13H2,1-4H3,(H2,28,29,30,32). The third kappa shape index (κ3) is 4.83. The van der Waals surface area contributed by atoms with E-state index in [1.807, 2.05) is 50.2 Å². The van der Waals surface area contributed by atoms with E-state index in [4.69, 9.17) is 19.4 Å². The molecular formula is C26H29N11O2. The summed E-state index contributed by atoms with van der Waals surface area (Å²) >= 11 is 0. The van der Waals surface area contributed by atoms with Gasteiger partial charge in [0.05, 0.1) is 36.8 Å². The van der Waals surface area contributed by atoms with Gasteiger partial charge in [-0.2, -0.15) is 9.90 Å². The predicted molar refractivity (Wildman–Crippen MR) is 145 cm³/mol. The summed E-state index contributed by atoms with van der Waals surface area (Å²) in [5.41, 5.74) is 4.43. The van der Waals surface area contributed by atoms with Gasteiger partial charge >= 0.3 is 0 Å². The minimum Gasteiger partial charge on any atom is -0.494 e. The average molecular weight is 528 g/mol. The molecule has 6 rings (SSSR count). The van der Waals surface area contributed by atoms with Crippen molar-refractivity contribution < 1.29 is 9.47 Å². The number of anilines is 4. The van der Waals surface area contributed by atoms with E-state index >= 15 is 0 Å². The van der Waals surface area contributed by atoms with Crippen LogP contribution in [0.15, 0.2) is 36.4 Å². The van der Waals surface area contributed by atoms with Crippen molar-refractivity contribution >= 4 is 34.2 Å². The van der Waals surface area contributed by atoms with Crippen molar-refractivity contribution in [3.05, 3.63) is 47.9 Å². The van der Waals surface area contributed by atoms with Crippen molar-refractivity contribution in [1.29, 1.82) is 0 Å². The lowest BCUT2D eigenvalue weighted by molar-refractivity contribution is -0.0308. The zero-order valence-electron chi connectivity index (χ0n) is 22.2. The first-order chi connectivity index (χ1) is 19.0.